The third-order valence-electron chi connectivity index (χ3n) is 1.98. The molecule has 0 amide bonds. The van der Waals surface area contributed by atoms with Crippen LogP contribution in [0.4, 0.5) is 0 Å². The van der Waals surface area contributed by atoms with Gasteiger partial charge in [-0.05, 0) is 39.7 Å². The van der Waals surface area contributed by atoms with Crippen molar-refractivity contribution < 1.29 is 9.53 Å². The maximum atomic E-state index is 11.4. The fraction of sp³-hybridized carbons (Fsp3) is 0.700. The summed E-state index contributed by atoms with van der Waals surface area (Å²) in [6.45, 7) is 5.86. The lowest BCUT2D eigenvalue weighted by Gasteiger charge is -2.06. The summed E-state index contributed by atoms with van der Waals surface area (Å²) < 4.78 is 5.43. The van der Waals surface area contributed by atoms with Gasteiger partial charge in [0.25, 0.3) is 0 Å². The zero-order valence-corrected chi connectivity index (χ0v) is 7.96. The Balaban J connectivity index is 2.49. The Kier molecular flexibility index (Phi) is 3.04. The van der Waals surface area contributed by atoms with E-state index in [1.807, 2.05) is 20.8 Å². The molecule has 1 heterocycles. The first-order valence-corrected chi connectivity index (χ1v) is 4.44. The Morgan fingerprint density at radius 3 is 2.50 bits per heavy atom. The Bertz CT molecular complexity index is 202. The smallest absolute Gasteiger partial charge is 0.184 e. The van der Waals surface area contributed by atoms with E-state index in [-0.39, 0.29) is 18.0 Å². The molecule has 0 N–H and O–H groups in total. The zero-order chi connectivity index (χ0) is 9.14. The van der Waals surface area contributed by atoms with Crippen LogP contribution in [0.25, 0.3) is 0 Å². The molecule has 1 rings (SSSR count). The molecule has 0 bridgehead atoms. The summed E-state index contributed by atoms with van der Waals surface area (Å²) in [6.07, 6.45) is 3.64. The molecule has 1 aliphatic heterocycles. The molecule has 0 saturated carbocycles. The molecule has 0 aromatic carbocycles. The lowest BCUT2D eigenvalue weighted by molar-refractivity contribution is -0.124. The third-order valence-corrected chi connectivity index (χ3v) is 1.98. The van der Waals surface area contributed by atoms with Gasteiger partial charge in [-0.15, -0.1) is 0 Å². The maximum Gasteiger partial charge on any atom is 0.184 e. The summed E-state index contributed by atoms with van der Waals surface area (Å²) >= 11 is 0. The molecule has 1 fully saturated rings. The van der Waals surface area contributed by atoms with Crippen molar-refractivity contribution in [1.82, 2.24) is 0 Å². The van der Waals surface area contributed by atoms with Crippen molar-refractivity contribution in [3.63, 3.8) is 0 Å². The van der Waals surface area contributed by atoms with E-state index in [1.165, 1.54) is 0 Å². The monoisotopic (exact) mass is 168 g/mol. The molecular weight excluding hydrogens is 152 g/mol. The van der Waals surface area contributed by atoms with Gasteiger partial charge in [-0.2, -0.15) is 0 Å². The van der Waals surface area contributed by atoms with Gasteiger partial charge in [0.2, 0.25) is 0 Å². The number of rotatable bonds is 2. The van der Waals surface area contributed by atoms with Crippen LogP contribution < -0.4 is 0 Å². The van der Waals surface area contributed by atoms with Gasteiger partial charge in [0.05, 0.1) is 6.10 Å². The van der Waals surface area contributed by atoms with Gasteiger partial charge < -0.3 is 4.74 Å². The van der Waals surface area contributed by atoms with Crippen LogP contribution >= 0.6 is 0 Å². The Morgan fingerprint density at radius 2 is 2.08 bits per heavy atom. The van der Waals surface area contributed by atoms with Crippen LogP contribution in [0.15, 0.2) is 11.6 Å². The lowest BCUT2D eigenvalue weighted by Crippen LogP contribution is -2.18. The Hall–Kier alpha value is -0.630. The van der Waals surface area contributed by atoms with Crippen LogP contribution in [-0.2, 0) is 9.53 Å². The minimum Gasteiger partial charge on any atom is -0.367 e. The van der Waals surface area contributed by atoms with E-state index in [0.29, 0.717) is 0 Å². The highest BCUT2D eigenvalue weighted by Gasteiger charge is 2.26. The second-order valence-electron chi connectivity index (χ2n) is 3.64. The van der Waals surface area contributed by atoms with Crippen molar-refractivity contribution in [1.29, 1.82) is 0 Å². The average Bonchev–Trinajstić information content (AvgIpc) is 2.34. The number of allylic oxidation sites excluding steroid dienone is 1. The minimum absolute atomic E-state index is 0.124. The summed E-state index contributed by atoms with van der Waals surface area (Å²) in [4.78, 5) is 11.4. The van der Waals surface area contributed by atoms with Gasteiger partial charge in [0.15, 0.2) is 5.78 Å². The van der Waals surface area contributed by atoms with Crippen LogP contribution in [0.1, 0.15) is 33.6 Å². The third kappa shape index (κ3) is 2.45. The van der Waals surface area contributed by atoms with Gasteiger partial charge in [0, 0.05) is 0 Å². The summed E-state index contributed by atoms with van der Waals surface area (Å²) in [7, 11) is 0. The molecule has 0 aliphatic carbocycles. The van der Waals surface area contributed by atoms with E-state index >= 15 is 0 Å². The topological polar surface area (TPSA) is 26.3 Å². The molecule has 1 saturated heterocycles. The quantitative estimate of drug-likeness (QED) is 0.590. The maximum absolute atomic E-state index is 11.4. The van der Waals surface area contributed by atoms with Crippen LogP contribution in [0.5, 0.6) is 0 Å². The molecule has 68 valence electrons. The normalized spacial score (nSPS) is 28.6. The molecule has 0 aromatic heterocycles. The second-order valence-corrected chi connectivity index (χ2v) is 3.64. The van der Waals surface area contributed by atoms with E-state index in [1.54, 1.807) is 6.08 Å². The van der Waals surface area contributed by atoms with Crippen molar-refractivity contribution in [2.45, 2.75) is 45.8 Å². The fourth-order valence-electron chi connectivity index (χ4n) is 1.39. The van der Waals surface area contributed by atoms with Gasteiger partial charge >= 0.3 is 0 Å². The average molecular weight is 168 g/mol. The first-order valence-electron chi connectivity index (χ1n) is 4.44. The molecular formula is C10H16O2. The summed E-state index contributed by atoms with van der Waals surface area (Å²) in [5.41, 5.74) is 1.04. The number of carbonyl (C=O) groups excluding carboxylic acids is 1. The highest BCUT2D eigenvalue weighted by atomic mass is 16.5. The largest absolute Gasteiger partial charge is 0.367 e. The number of ether oxygens (including phenoxy) is 1. The highest BCUT2D eigenvalue weighted by molar-refractivity contribution is 5.94. The van der Waals surface area contributed by atoms with Crippen LogP contribution in [0.2, 0.25) is 0 Å². The van der Waals surface area contributed by atoms with Gasteiger partial charge in [0.1, 0.15) is 6.10 Å². The number of hydrogen-bond acceptors (Lipinski definition) is 2. The van der Waals surface area contributed by atoms with E-state index in [4.69, 9.17) is 4.74 Å². The fourth-order valence-corrected chi connectivity index (χ4v) is 1.39. The minimum atomic E-state index is -0.171. The SMILES string of the molecule is CC(C)=CC(=O)C1CCC(C)O1. The molecule has 2 heteroatoms. The standard InChI is InChI=1S/C10H16O2/c1-7(2)6-9(11)10-5-4-8(3)12-10/h6,8,10H,4-5H2,1-3H3. The molecule has 2 unspecified atom stereocenters. The molecule has 1 aliphatic rings. The summed E-state index contributed by atoms with van der Waals surface area (Å²) in [6, 6.07) is 0. The zero-order valence-electron chi connectivity index (χ0n) is 7.96. The predicted molar refractivity (Wildman–Crippen MR) is 48.0 cm³/mol. The Morgan fingerprint density at radius 1 is 1.42 bits per heavy atom. The van der Waals surface area contributed by atoms with E-state index in [0.717, 1.165) is 18.4 Å². The number of ketones is 1. The first-order chi connectivity index (χ1) is 5.59. The molecule has 0 radical (unpaired) electrons. The molecule has 2 atom stereocenters. The van der Waals surface area contributed by atoms with Crippen molar-refractivity contribution in [3.8, 4) is 0 Å². The van der Waals surface area contributed by atoms with Crippen molar-refractivity contribution in [2.24, 2.45) is 0 Å². The second kappa shape index (κ2) is 3.85. The highest BCUT2D eigenvalue weighted by Crippen LogP contribution is 2.20. The first kappa shape index (κ1) is 9.46. The predicted octanol–water partition coefficient (Wildman–Crippen LogP) is 2.09. The van der Waals surface area contributed by atoms with Crippen LogP contribution in [-0.4, -0.2) is 18.0 Å². The van der Waals surface area contributed by atoms with E-state index in [9.17, 15) is 4.79 Å². The molecule has 12 heavy (non-hydrogen) atoms. The van der Waals surface area contributed by atoms with Crippen molar-refractivity contribution in [2.75, 3.05) is 0 Å². The van der Waals surface area contributed by atoms with Crippen LogP contribution in [0.3, 0.4) is 0 Å². The number of hydrogen-bond donors (Lipinski definition) is 0. The van der Waals surface area contributed by atoms with Gasteiger partial charge in [-0.25, -0.2) is 0 Å². The molecule has 0 spiro atoms. The van der Waals surface area contributed by atoms with Crippen LogP contribution in [0, 0.1) is 0 Å². The van der Waals surface area contributed by atoms with Crippen molar-refractivity contribution >= 4 is 5.78 Å². The lowest BCUT2D eigenvalue weighted by atomic mass is 10.1. The Labute approximate surface area is 73.6 Å². The van der Waals surface area contributed by atoms with E-state index < -0.39 is 0 Å². The summed E-state index contributed by atoms with van der Waals surface area (Å²) in [5, 5.41) is 0. The van der Waals surface area contributed by atoms with E-state index in [2.05, 4.69) is 0 Å². The number of carbonyl (C=O) groups is 1. The summed E-state index contributed by atoms with van der Waals surface area (Å²) in [5.74, 6) is 0.124. The van der Waals surface area contributed by atoms with Crippen molar-refractivity contribution in [3.05, 3.63) is 11.6 Å². The molecule has 0 aromatic rings. The molecule has 2 nitrogen and oxygen atoms in total. The van der Waals surface area contributed by atoms with Gasteiger partial charge in [-0.1, -0.05) is 5.57 Å². The van der Waals surface area contributed by atoms with Gasteiger partial charge in [-0.3, -0.25) is 4.79 Å².